The first-order valence-electron chi connectivity index (χ1n) is 7.17. The van der Waals surface area contributed by atoms with Gasteiger partial charge in [-0.05, 0) is 59.5 Å². The molecule has 114 valence electrons. The zero-order valence-corrected chi connectivity index (χ0v) is 13.4. The monoisotopic (exact) mass is 282 g/mol. The number of likely N-dealkylation sites (N-methyl/N-ethyl adjacent to an activating group) is 2. The number of anilines is 1. The van der Waals surface area contributed by atoms with Crippen LogP contribution in [0.5, 0.6) is 0 Å². The molecule has 0 amide bonds. The first-order chi connectivity index (χ1) is 9.27. The molecule has 0 spiro atoms. The summed E-state index contributed by atoms with van der Waals surface area (Å²) in [5.41, 5.74) is 2.19. The summed E-state index contributed by atoms with van der Waals surface area (Å²) in [5, 5.41) is 9.92. The van der Waals surface area contributed by atoms with Crippen LogP contribution < -0.4 is 4.90 Å². The third kappa shape index (κ3) is 3.93. The highest BCUT2D eigenvalue weighted by Gasteiger charge is 2.20. The second kappa shape index (κ2) is 7.04. The Bertz CT molecular complexity index is 446. The van der Waals surface area contributed by atoms with Crippen molar-refractivity contribution in [2.24, 2.45) is 0 Å². The number of rotatable bonds is 6. The number of aliphatic hydroxyl groups is 1. The summed E-state index contributed by atoms with van der Waals surface area (Å²) in [6.45, 7) is 9.39. The first kappa shape index (κ1) is 16.9. The van der Waals surface area contributed by atoms with E-state index in [4.69, 9.17) is 0 Å². The van der Waals surface area contributed by atoms with Crippen molar-refractivity contribution >= 4 is 5.69 Å². The van der Waals surface area contributed by atoms with Crippen molar-refractivity contribution in [3.05, 3.63) is 29.1 Å². The van der Waals surface area contributed by atoms with E-state index >= 15 is 0 Å². The third-order valence-corrected chi connectivity index (χ3v) is 3.57. The first-order valence-corrected chi connectivity index (χ1v) is 7.17. The molecule has 2 atom stereocenters. The Labute approximate surface area is 122 Å². The molecule has 1 aromatic carbocycles. The van der Waals surface area contributed by atoms with Crippen LogP contribution >= 0.6 is 0 Å². The minimum Gasteiger partial charge on any atom is -0.389 e. The van der Waals surface area contributed by atoms with Crippen molar-refractivity contribution in [2.75, 3.05) is 32.1 Å². The number of aryl methyl sites for hydroxylation is 1. The highest BCUT2D eigenvalue weighted by Crippen LogP contribution is 2.30. The zero-order valence-electron chi connectivity index (χ0n) is 13.4. The summed E-state index contributed by atoms with van der Waals surface area (Å²) in [6, 6.07) is 3.59. The molecular formula is C16H27FN2O. The molecule has 0 saturated carbocycles. The molecule has 0 aliphatic heterocycles. The fourth-order valence-corrected chi connectivity index (χ4v) is 2.61. The third-order valence-electron chi connectivity index (χ3n) is 3.57. The lowest BCUT2D eigenvalue weighted by atomic mass is 10.0. The summed E-state index contributed by atoms with van der Waals surface area (Å²) in [5.74, 6) is -0.263. The zero-order chi connectivity index (χ0) is 15.4. The van der Waals surface area contributed by atoms with Crippen LogP contribution in [0.25, 0.3) is 0 Å². The molecule has 3 nitrogen and oxygen atoms in total. The van der Waals surface area contributed by atoms with Crippen LogP contribution in [-0.2, 0) is 0 Å². The average Bonchev–Trinajstić information content (AvgIpc) is 2.32. The SMILES string of the molecule is CCN(c1cc(C)c(F)cc1[C@H](C)O)C(C)CN(C)C. The molecule has 0 saturated heterocycles. The van der Waals surface area contributed by atoms with Crippen LogP contribution in [0.4, 0.5) is 10.1 Å². The molecule has 1 unspecified atom stereocenters. The van der Waals surface area contributed by atoms with Gasteiger partial charge in [0, 0.05) is 30.4 Å². The van der Waals surface area contributed by atoms with Crippen molar-refractivity contribution < 1.29 is 9.50 Å². The predicted octanol–water partition coefficient (Wildman–Crippen LogP) is 2.96. The Morgan fingerprint density at radius 2 is 1.85 bits per heavy atom. The van der Waals surface area contributed by atoms with Crippen LogP contribution in [0.1, 0.15) is 38.0 Å². The van der Waals surface area contributed by atoms with Crippen LogP contribution in [0.15, 0.2) is 12.1 Å². The van der Waals surface area contributed by atoms with Gasteiger partial charge in [0.2, 0.25) is 0 Å². The number of halogens is 1. The summed E-state index contributed by atoms with van der Waals surface area (Å²) in [6.07, 6.45) is -0.680. The minimum atomic E-state index is -0.680. The molecule has 0 aliphatic carbocycles. The van der Waals surface area contributed by atoms with E-state index in [9.17, 15) is 9.50 Å². The molecule has 1 N–H and O–H groups in total. The number of benzene rings is 1. The normalized spacial score (nSPS) is 14.4. The van der Waals surface area contributed by atoms with Gasteiger partial charge in [0.05, 0.1) is 6.10 Å². The quantitative estimate of drug-likeness (QED) is 0.869. The topological polar surface area (TPSA) is 26.7 Å². The lowest BCUT2D eigenvalue weighted by Crippen LogP contribution is -2.40. The standard InChI is InChI=1S/C16H27FN2O/c1-7-19(12(3)10-18(5)6)16-8-11(2)15(17)9-14(16)13(4)20/h8-9,12-13,20H,7,10H2,1-6H3/t12?,13-/m0/s1. The van der Waals surface area contributed by atoms with E-state index in [-0.39, 0.29) is 11.9 Å². The van der Waals surface area contributed by atoms with Gasteiger partial charge in [-0.1, -0.05) is 0 Å². The maximum Gasteiger partial charge on any atom is 0.126 e. The van der Waals surface area contributed by atoms with Crippen molar-refractivity contribution in [1.82, 2.24) is 4.90 Å². The van der Waals surface area contributed by atoms with E-state index in [1.165, 1.54) is 6.07 Å². The van der Waals surface area contributed by atoms with E-state index in [1.807, 2.05) is 20.2 Å². The van der Waals surface area contributed by atoms with Gasteiger partial charge in [0.15, 0.2) is 0 Å². The van der Waals surface area contributed by atoms with Crippen LogP contribution in [0, 0.1) is 12.7 Å². The molecule has 1 rings (SSSR count). The molecule has 0 bridgehead atoms. The van der Waals surface area contributed by atoms with Crippen molar-refractivity contribution in [1.29, 1.82) is 0 Å². The van der Waals surface area contributed by atoms with Crippen molar-refractivity contribution in [2.45, 2.75) is 39.8 Å². The molecule has 4 heteroatoms. The fourth-order valence-electron chi connectivity index (χ4n) is 2.61. The molecule has 0 heterocycles. The number of hydrogen-bond donors (Lipinski definition) is 1. The number of aliphatic hydroxyl groups excluding tert-OH is 1. The Morgan fingerprint density at radius 1 is 1.25 bits per heavy atom. The van der Waals surface area contributed by atoms with Gasteiger partial charge in [0.1, 0.15) is 5.82 Å². The van der Waals surface area contributed by atoms with Gasteiger partial charge >= 0.3 is 0 Å². The maximum absolute atomic E-state index is 13.8. The smallest absolute Gasteiger partial charge is 0.126 e. The van der Waals surface area contributed by atoms with E-state index in [0.29, 0.717) is 11.1 Å². The van der Waals surface area contributed by atoms with Gasteiger partial charge < -0.3 is 14.9 Å². The van der Waals surface area contributed by atoms with Gasteiger partial charge in [-0.2, -0.15) is 0 Å². The van der Waals surface area contributed by atoms with Crippen LogP contribution in [-0.4, -0.2) is 43.2 Å². The second-order valence-electron chi connectivity index (χ2n) is 5.73. The molecule has 0 fully saturated rings. The van der Waals surface area contributed by atoms with Gasteiger partial charge in [-0.15, -0.1) is 0 Å². The molecule has 0 aliphatic rings. The maximum atomic E-state index is 13.8. The van der Waals surface area contributed by atoms with Crippen LogP contribution in [0.3, 0.4) is 0 Å². The molecular weight excluding hydrogens is 255 g/mol. The average molecular weight is 282 g/mol. The minimum absolute atomic E-state index is 0.263. The van der Waals surface area contributed by atoms with Crippen molar-refractivity contribution in [3.63, 3.8) is 0 Å². The lowest BCUT2D eigenvalue weighted by Gasteiger charge is -2.34. The van der Waals surface area contributed by atoms with Crippen LogP contribution in [0.2, 0.25) is 0 Å². The highest BCUT2D eigenvalue weighted by molar-refractivity contribution is 5.57. The van der Waals surface area contributed by atoms with Gasteiger partial charge in [-0.25, -0.2) is 4.39 Å². The predicted molar refractivity (Wildman–Crippen MR) is 82.8 cm³/mol. The van der Waals surface area contributed by atoms with E-state index in [0.717, 1.165) is 18.8 Å². The van der Waals surface area contributed by atoms with Crippen molar-refractivity contribution in [3.8, 4) is 0 Å². The molecule has 1 aromatic rings. The second-order valence-corrected chi connectivity index (χ2v) is 5.73. The molecule has 0 radical (unpaired) electrons. The summed E-state index contributed by atoms with van der Waals surface area (Å²) in [7, 11) is 4.08. The van der Waals surface area contributed by atoms with Gasteiger partial charge in [0.25, 0.3) is 0 Å². The number of hydrogen-bond acceptors (Lipinski definition) is 3. The van der Waals surface area contributed by atoms with E-state index in [2.05, 4.69) is 23.6 Å². The Balaban J connectivity index is 3.23. The Hall–Kier alpha value is -1.13. The van der Waals surface area contributed by atoms with E-state index in [1.54, 1.807) is 13.8 Å². The highest BCUT2D eigenvalue weighted by atomic mass is 19.1. The Kier molecular flexibility index (Phi) is 5.96. The number of nitrogens with zero attached hydrogens (tertiary/aromatic N) is 2. The molecule has 0 aromatic heterocycles. The fraction of sp³-hybridized carbons (Fsp3) is 0.625. The molecule has 20 heavy (non-hydrogen) atoms. The lowest BCUT2D eigenvalue weighted by molar-refractivity contribution is 0.199. The summed E-state index contributed by atoms with van der Waals surface area (Å²) >= 11 is 0. The largest absolute Gasteiger partial charge is 0.389 e. The van der Waals surface area contributed by atoms with E-state index < -0.39 is 6.10 Å². The summed E-state index contributed by atoms with van der Waals surface area (Å²) < 4.78 is 13.8. The Morgan fingerprint density at radius 3 is 2.30 bits per heavy atom. The van der Waals surface area contributed by atoms with Gasteiger partial charge in [-0.3, -0.25) is 0 Å². The summed E-state index contributed by atoms with van der Waals surface area (Å²) in [4.78, 5) is 4.35.